The molecule has 0 saturated heterocycles. The van der Waals surface area contributed by atoms with Crippen LogP contribution >= 0.6 is 11.6 Å². The smallest absolute Gasteiger partial charge is 0.250 e. The normalized spacial score (nSPS) is 10.4. The van der Waals surface area contributed by atoms with Gasteiger partial charge in [0.05, 0.1) is 35.2 Å². The maximum absolute atomic E-state index is 12.2. The number of nitrogen functional groups attached to an aromatic ring is 1. The lowest BCUT2D eigenvalue weighted by atomic mass is 10.0. The Hall–Kier alpha value is -4.28. The molecule has 4 rings (SSSR count). The SMILES string of the molecule is COc1ccccc1C#Cc1cnc(N)nc1-c1cc(C(N)=O)c(-c2cc(Cl)ccc2C)[nH]1. The number of H-pyrrole nitrogens is 1. The number of hydrogen-bond acceptors (Lipinski definition) is 5. The number of amides is 1. The van der Waals surface area contributed by atoms with Gasteiger partial charge >= 0.3 is 0 Å². The van der Waals surface area contributed by atoms with Crippen LogP contribution in [-0.2, 0) is 0 Å². The summed E-state index contributed by atoms with van der Waals surface area (Å²) in [4.78, 5) is 23.9. The first-order valence-corrected chi connectivity index (χ1v) is 10.3. The summed E-state index contributed by atoms with van der Waals surface area (Å²) < 4.78 is 5.36. The Morgan fingerprint density at radius 2 is 1.88 bits per heavy atom. The van der Waals surface area contributed by atoms with E-state index in [0.717, 1.165) is 11.1 Å². The molecule has 0 spiro atoms. The van der Waals surface area contributed by atoms with Gasteiger partial charge in [0.1, 0.15) is 11.4 Å². The number of hydrogen-bond donors (Lipinski definition) is 3. The molecule has 5 N–H and O–H groups in total. The lowest BCUT2D eigenvalue weighted by molar-refractivity contribution is 0.100. The van der Waals surface area contributed by atoms with E-state index in [9.17, 15) is 4.79 Å². The first-order chi connectivity index (χ1) is 15.9. The highest BCUT2D eigenvalue weighted by Gasteiger charge is 2.19. The van der Waals surface area contributed by atoms with E-state index in [1.807, 2.05) is 37.3 Å². The van der Waals surface area contributed by atoms with E-state index >= 15 is 0 Å². The quantitative estimate of drug-likeness (QED) is 0.397. The van der Waals surface area contributed by atoms with Crippen LogP contribution < -0.4 is 16.2 Å². The third kappa shape index (κ3) is 4.52. The number of para-hydroxylation sites is 1. The zero-order chi connectivity index (χ0) is 23.5. The van der Waals surface area contributed by atoms with Gasteiger partial charge in [0.2, 0.25) is 5.95 Å². The Kier molecular flexibility index (Phi) is 6.03. The number of aromatic nitrogens is 3. The first kappa shape index (κ1) is 21.9. The van der Waals surface area contributed by atoms with E-state index in [4.69, 9.17) is 27.8 Å². The van der Waals surface area contributed by atoms with Gasteiger partial charge in [-0.1, -0.05) is 41.6 Å². The third-order valence-corrected chi connectivity index (χ3v) is 5.29. The van der Waals surface area contributed by atoms with Crippen LogP contribution in [0, 0.1) is 18.8 Å². The van der Waals surface area contributed by atoms with Crippen LogP contribution in [0.1, 0.15) is 27.0 Å². The Morgan fingerprint density at radius 3 is 2.64 bits per heavy atom. The van der Waals surface area contributed by atoms with Crippen molar-refractivity contribution in [3.05, 3.63) is 82.0 Å². The minimum Gasteiger partial charge on any atom is -0.495 e. The number of ether oxygens (including phenoxy) is 1. The van der Waals surface area contributed by atoms with Crippen LogP contribution in [0.5, 0.6) is 5.75 Å². The predicted octanol–water partition coefficient (Wildman–Crippen LogP) is 4.19. The Balaban J connectivity index is 1.87. The van der Waals surface area contributed by atoms with Crippen molar-refractivity contribution in [3.8, 4) is 40.2 Å². The Morgan fingerprint density at radius 1 is 1.12 bits per heavy atom. The van der Waals surface area contributed by atoms with Crippen LogP contribution in [0.25, 0.3) is 22.6 Å². The van der Waals surface area contributed by atoms with Crippen LogP contribution in [0.4, 0.5) is 5.95 Å². The van der Waals surface area contributed by atoms with Crippen molar-refractivity contribution >= 4 is 23.5 Å². The highest BCUT2D eigenvalue weighted by atomic mass is 35.5. The molecule has 8 heteroatoms. The molecule has 7 nitrogen and oxygen atoms in total. The number of anilines is 1. The van der Waals surface area contributed by atoms with Gasteiger partial charge in [0.25, 0.3) is 5.91 Å². The van der Waals surface area contributed by atoms with Crippen molar-refractivity contribution in [3.63, 3.8) is 0 Å². The largest absolute Gasteiger partial charge is 0.495 e. The standard InChI is InChI=1S/C25H20ClN5O2/c1-14-7-10-17(26)11-18(14)23-19(24(27)32)12-20(30-23)22-16(13-29-25(28)31-22)9-8-15-5-3-4-6-21(15)33-2/h3-7,10-13,30H,1-2H3,(H2,27,32)(H2,28,29,31). The Labute approximate surface area is 195 Å². The maximum atomic E-state index is 12.2. The van der Waals surface area contributed by atoms with Crippen molar-refractivity contribution in [2.24, 2.45) is 5.73 Å². The minimum absolute atomic E-state index is 0.0727. The number of carbonyl (C=O) groups excluding carboxylic acids is 1. The van der Waals surface area contributed by atoms with Crippen molar-refractivity contribution in [1.82, 2.24) is 15.0 Å². The number of nitrogens with two attached hydrogens (primary N) is 2. The van der Waals surface area contributed by atoms with E-state index in [0.29, 0.717) is 44.5 Å². The highest BCUT2D eigenvalue weighted by Crippen LogP contribution is 2.33. The summed E-state index contributed by atoms with van der Waals surface area (Å²) in [5.74, 6) is 6.30. The van der Waals surface area contributed by atoms with Crippen LogP contribution in [0.3, 0.4) is 0 Å². The summed E-state index contributed by atoms with van der Waals surface area (Å²) in [5.41, 5.74) is 16.3. The monoisotopic (exact) mass is 457 g/mol. The molecule has 0 unspecified atom stereocenters. The van der Waals surface area contributed by atoms with Crippen molar-refractivity contribution in [1.29, 1.82) is 0 Å². The fourth-order valence-corrected chi connectivity index (χ4v) is 3.60. The molecule has 33 heavy (non-hydrogen) atoms. The molecule has 2 aromatic carbocycles. The molecular weight excluding hydrogens is 438 g/mol. The van der Waals surface area contributed by atoms with Gasteiger partial charge in [-0.05, 0) is 42.8 Å². The second kappa shape index (κ2) is 9.07. The summed E-state index contributed by atoms with van der Waals surface area (Å²) >= 11 is 6.20. The zero-order valence-corrected chi connectivity index (χ0v) is 18.7. The molecule has 0 bridgehead atoms. The van der Waals surface area contributed by atoms with E-state index in [2.05, 4.69) is 26.8 Å². The van der Waals surface area contributed by atoms with Gasteiger partial charge in [-0.15, -0.1) is 0 Å². The van der Waals surface area contributed by atoms with Crippen LogP contribution in [0.2, 0.25) is 5.02 Å². The first-order valence-electron chi connectivity index (χ1n) is 9.94. The number of aryl methyl sites for hydroxylation is 1. The van der Waals surface area contributed by atoms with Gasteiger partial charge in [-0.25, -0.2) is 9.97 Å². The number of carbonyl (C=O) groups is 1. The van der Waals surface area contributed by atoms with Gasteiger partial charge in [0.15, 0.2) is 0 Å². The molecule has 0 saturated carbocycles. The van der Waals surface area contributed by atoms with Crippen molar-refractivity contribution in [2.75, 3.05) is 12.8 Å². The van der Waals surface area contributed by atoms with E-state index in [1.54, 1.807) is 25.3 Å². The lowest BCUT2D eigenvalue weighted by Gasteiger charge is -2.07. The van der Waals surface area contributed by atoms with E-state index < -0.39 is 5.91 Å². The minimum atomic E-state index is -0.587. The van der Waals surface area contributed by atoms with Crippen molar-refractivity contribution < 1.29 is 9.53 Å². The zero-order valence-electron chi connectivity index (χ0n) is 17.9. The fourth-order valence-electron chi connectivity index (χ4n) is 3.43. The number of halogens is 1. The van der Waals surface area contributed by atoms with Gasteiger partial charge in [-0.2, -0.15) is 0 Å². The molecule has 1 amide bonds. The maximum Gasteiger partial charge on any atom is 0.250 e. The average molecular weight is 458 g/mol. The van der Waals surface area contributed by atoms with E-state index in [1.165, 1.54) is 6.20 Å². The number of nitrogens with one attached hydrogen (secondary N) is 1. The number of methoxy groups -OCH3 is 1. The number of primary amides is 1. The third-order valence-electron chi connectivity index (χ3n) is 5.05. The number of rotatable bonds is 4. The molecule has 0 atom stereocenters. The van der Waals surface area contributed by atoms with Crippen LogP contribution in [0.15, 0.2) is 54.7 Å². The summed E-state index contributed by atoms with van der Waals surface area (Å²) in [6, 6.07) is 14.5. The molecule has 0 aliphatic rings. The van der Waals surface area contributed by atoms with Gasteiger partial charge < -0.3 is 21.2 Å². The fraction of sp³-hybridized carbons (Fsp3) is 0.0800. The number of benzene rings is 2. The molecule has 164 valence electrons. The highest BCUT2D eigenvalue weighted by molar-refractivity contribution is 6.31. The number of nitrogens with zero attached hydrogens (tertiary/aromatic N) is 2. The number of aromatic amines is 1. The summed E-state index contributed by atoms with van der Waals surface area (Å²) in [7, 11) is 1.59. The van der Waals surface area contributed by atoms with Gasteiger partial charge in [-0.3, -0.25) is 4.79 Å². The average Bonchev–Trinajstić information content (AvgIpc) is 3.25. The predicted molar refractivity (Wildman–Crippen MR) is 129 cm³/mol. The Bertz CT molecular complexity index is 1430. The topological polar surface area (TPSA) is 120 Å². The summed E-state index contributed by atoms with van der Waals surface area (Å²) in [5, 5.41) is 0.539. The molecule has 0 fully saturated rings. The molecule has 0 radical (unpaired) electrons. The van der Waals surface area contributed by atoms with Gasteiger partial charge in [0, 0.05) is 16.8 Å². The summed E-state index contributed by atoms with van der Waals surface area (Å²) in [6.07, 6.45) is 1.54. The van der Waals surface area contributed by atoms with Crippen molar-refractivity contribution in [2.45, 2.75) is 6.92 Å². The second-order valence-electron chi connectivity index (χ2n) is 7.24. The molecule has 2 heterocycles. The summed E-state index contributed by atoms with van der Waals surface area (Å²) in [6.45, 7) is 1.92. The van der Waals surface area contributed by atoms with E-state index in [-0.39, 0.29) is 5.95 Å². The molecule has 0 aliphatic carbocycles. The molecule has 4 aromatic rings. The lowest BCUT2D eigenvalue weighted by Crippen LogP contribution is -2.11. The molecular formula is C25H20ClN5O2. The molecule has 0 aliphatic heterocycles. The second-order valence-corrected chi connectivity index (χ2v) is 7.67. The van der Waals surface area contributed by atoms with Crippen LogP contribution in [-0.4, -0.2) is 28.0 Å². The molecule has 2 aromatic heterocycles.